The van der Waals surface area contributed by atoms with E-state index in [4.69, 9.17) is 9.47 Å². The van der Waals surface area contributed by atoms with Gasteiger partial charge in [0.25, 0.3) is 0 Å². The lowest BCUT2D eigenvalue weighted by atomic mass is 10.1. The SMILES string of the molecule is COc1ccc(OCCNC(=O)C(=O)N(Cc2ccccc2)Cc2ccccc2)cc1. The van der Waals surface area contributed by atoms with Gasteiger partial charge in [0, 0.05) is 13.1 Å². The molecule has 0 radical (unpaired) electrons. The molecule has 0 aliphatic carbocycles. The van der Waals surface area contributed by atoms with Crippen molar-refractivity contribution in [1.82, 2.24) is 10.2 Å². The van der Waals surface area contributed by atoms with Crippen LogP contribution in [0.25, 0.3) is 0 Å². The number of carbonyl (C=O) groups excluding carboxylic acids is 2. The molecule has 6 nitrogen and oxygen atoms in total. The van der Waals surface area contributed by atoms with Crippen LogP contribution in [0.5, 0.6) is 11.5 Å². The Bertz CT molecular complexity index is 918. The first-order chi connectivity index (χ1) is 15.2. The van der Waals surface area contributed by atoms with Crippen LogP contribution in [0.2, 0.25) is 0 Å². The van der Waals surface area contributed by atoms with Crippen LogP contribution in [0.3, 0.4) is 0 Å². The van der Waals surface area contributed by atoms with Crippen molar-refractivity contribution in [1.29, 1.82) is 0 Å². The summed E-state index contributed by atoms with van der Waals surface area (Å²) in [6.07, 6.45) is 0. The second-order valence-corrected chi connectivity index (χ2v) is 6.91. The van der Waals surface area contributed by atoms with Gasteiger partial charge in [-0.2, -0.15) is 0 Å². The normalized spacial score (nSPS) is 10.2. The number of benzene rings is 3. The minimum atomic E-state index is -0.648. The molecule has 6 heteroatoms. The number of methoxy groups -OCH3 is 1. The van der Waals surface area contributed by atoms with Crippen LogP contribution in [0.15, 0.2) is 84.9 Å². The first-order valence-corrected chi connectivity index (χ1v) is 10.1. The van der Waals surface area contributed by atoms with Crippen molar-refractivity contribution in [2.24, 2.45) is 0 Å². The highest BCUT2D eigenvalue weighted by Crippen LogP contribution is 2.16. The number of ether oxygens (including phenoxy) is 2. The molecule has 0 saturated heterocycles. The summed E-state index contributed by atoms with van der Waals surface area (Å²) in [5.74, 6) is 0.182. The maximum atomic E-state index is 12.8. The number of nitrogens with one attached hydrogen (secondary N) is 1. The third-order valence-electron chi connectivity index (χ3n) is 4.63. The van der Waals surface area contributed by atoms with Crippen LogP contribution in [0.1, 0.15) is 11.1 Å². The predicted octanol–water partition coefficient (Wildman–Crippen LogP) is 3.42. The summed E-state index contributed by atoms with van der Waals surface area (Å²) < 4.78 is 10.7. The summed E-state index contributed by atoms with van der Waals surface area (Å²) in [6, 6.07) is 26.4. The number of rotatable bonds is 9. The highest BCUT2D eigenvalue weighted by atomic mass is 16.5. The first kappa shape index (κ1) is 21.9. The minimum absolute atomic E-state index is 0.223. The summed E-state index contributed by atoms with van der Waals surface area (Å²) in [5, 5.41) is 2.65. The van der Waals surface area contributed by atoms with Crippen LogP contribution in [0.4, 0.5) is 0 Å². The maximum absolute atomic E-state index is 12.8. The number of carbonyl (C=O) groups is 2. The Kier molecular flexibility index (Phi) is 8.05. The number of nitrogens with zero attached hydrogens (tertiary/aromatic N) is 1. The van der Waals surface area contributed by atoms with Crippen molar-refractivity contribution in [2.75, 3.05) is 20.3 Å². The van der Waals surface area contributed by atoms with Gasteiger partial charge in [-0.05, 0) is 35.4 Å². The van der Waals surface area contributed by atoms with Crippen LogP contribution < -0.4 is 14.8 Å². The van der Waals surface area contributed by atoms with E-state index in [0.29, 0.717) is 18.8 Å². The van der Waals surface area contributed by atoms with Gasteiger partial charge in [-0.1, -0.05) is 60.7 Å². The Morgan fingerprint density at radius 1 is 0.774 bits per heavy atom. The lowest BCUT2D eigenvalue weighted by Gasteiger charge is -2.22. The van der Waals surface area contributed by atoms with Crippen LogP contribution in [-0.2, 0) is 22.7 Å². The van der Waals surface area contributed by atoms with Crippen LogP contribution in [0, 0.1) is 0 Å². The average Bonchev–Trinajstić information content (AvgIpc) is 2.82. The smallest absolute Gasteiger partial charge is 0.312 e. The zero-order valence-corrected chi connectivity index (χ0v) is 17.5. The van der Waals surface area contributed by atoms with Gasteiger partial charge < -0.3 is 19.7 Å². The molecular weight excluding hydrogens is 392 g/mol. The van der Waals surface area contributed by atoms with Crippen molar-refractivity contribution >= 4 is 11.8 Å². The molecule has 0 unspecified atom stereocenters. The van der Waals surface area contributed by atoms with E-state index in [1.165, 1.54) is 0 Å². The van der Waals surface area contributed by atoms with E-state index >= 15 is 0 Å². The van der Waals surface area contributed by atoms with Crippen molar-refractivity contribution in [3.63, 3.8) is 0 Å². The molecule has 0 fully saturated rings. The molecule has 0 aromatic heterocycles. The molecule has 160 valence electrons. The Hall–Kier alpha value is -3.80. The van der Waals surface area contributed by atoms with Crippen LogP contribution >= 0.6 is 0 Å². The molecule has 31 heavy (non-hydrogen) atoms. The van der Waals surface area contributed by atoms with E-state index in [2.05, 4.69) is 5.32 Å². The fourth-order valence-electron chi connectivity index (χ4n) is 3.03. The summed E-state index contributed by atoms with van der Waals surface area (Å²) in [5.41, 5.74) is 1.92. The monoisotopic (exact) mass is 418 g/mol. The fraction of sp³-hybridized carbons (Fsp3) is 0.200. The number of amides is 2. The molecule has 0 saturated carbocycles. The van der Waals surface area contributed by atoms with Crippen molar-refractivity contribution in [3.05, 3.63) is 96.1 Å². The zero-order chi connectivity index (χ0) is 21.9. The summed E-state index contributed by atoms with van der Waals surface area (Å²) in [6.45, 7) is 1.18. The second-order valence-electron chi connectivity index (χ2n) is 6.91. The van der Waals surface area contributed by atoms with Gasteiger partial charge >= 0.3 is 11.8 Å². The van der Waals surface area contributed by atoms with E-state index in [1.807, 2.05) is 60.7 Å². The standard InChI is InChI=1S/C25H26N2O4/c1-30-22-12-14-23(15-13-22)31-17-16-26-24(28)25(29)27(18-20-8-4-2-5-9-20)19-21-10-6-3-7-11-21/h2-15H,16-19H2,1H3,(H,26,28). The lowest BCUT2D eigenvalue weighted by Crippen LogP contribution is -2.43. The molecular formula is C25H26N2O4. The molecule has 0 bridgehead atoms. The van der Waals surface area contributed by atoms with E-state index in [1.54, 1.807) is 36.3 Å². The molecule has 3 aromatic rings. The zero-order valence-electron chi connectivity index (χ0n) is 17.5. The van der Waals surface area contributed by atoms with Gasteiger partial charge in [0.1, 0.15) is 18.1 Å². The molecule has 3 rings (SSSR count). The van der Waals surface area contributed by atoms with E-state index in [0.717, 1.165) is 16.9 Å². The summed E-state index contributed by atoms with van der Waals surface area (Å²) in [4.78, 5) is 26.9. The average molecular weight is 418 g/mol. The minimum Gasteiger partial charge on any atom is -0.497 e. The number of hydrogen-bond donors (Lipinski definition) is 1. The molecule has 1 N–H and O–H groups in total. The third kappa shape index (κ3) is 6.89. The van der Waals surface area contributed by atoms with E-state index < -0.39 is 11.8 Å². The Balaban J connectivity index is 1.55. The highest BCUT2D eigenvalue weighted by Gasteiger charge is 2.22. The third-order valence-corrected chi connectivity index (χ3v) is 4.63. The molecule has 3 aromatic carbocycles. The van der Waals surface area contributed by atoms with E-state index in [-0.39, 0.29) is 13.2 Å². The van der Waals surface area contributed by atoms with Gasteiger partial charge in [-0.15, -0.1) is 0 Å². The molecule has 0 heterocycles. The van der Waals surface area contributed by atoms with Crippen LogP contribution in [-0.4, -0.2) is 37.0 Å². The quantitative estimate of drug-likeness (QED) is 0.427. The largest absolute Gasteiger partial charge is 0.497 e. The van der Waals surface area contributed by atoms with Crippen molar-refractivity contribution < 1.29 is 19.1 Å². The first-order valence-electron chi connectivity index (χ1n) is 10.1. The fourth-order valence-corrected chi connectivity index (χ4v) is 3.03. The molecule has 0 aliphatic heterocycles. The van der Waals surface area contributed by atoms with Gasteiger partial charge in [0.05, 0.1) is 13.7 Å². The lowest BCUT2D eigenvalue weighted by molar-refractivity contribution is -0.146. The maximum Gasteiger partial charge on any atom is 0.312 e. The van der Waals surface area contributed by atoms with Gasteiger partial charge in [0.15, 0.2) is 0 Å². The predicted molar refractivity (Wildman–Crippen MR) is 119 cm³/mol. The van der Waals surface area contributed by atoms with Crippen molar-refractivity contribution in [3.8, 4) is 11.5 Å². The second kappa shape index (κ2) is 11.4. The molecule has 0 aliphatic rings. The van der Waals surface area contributed by atoms with E-state index in [9.17, 15) is 9.59 Å². The molecule has 2 amide bonds. The van der Waals surface area contributed by atoms with Gasteiger partial charge in [-0.25, -0.2) is 0 Å². The topological polar surface area (TPSA) is 67.9 Å². The highest BCUT2D eigenvalue weighted by molar-refractivity contribution is 6.34. The number of hydrogen-bond acceptors (Lipinski definition) is 4. The summed E-state index contributed by atoms with van der Waals surface area (Å²) >= 11 is 0. The Morgan fingerprint density at radius 3 is 1.81 bits per heavy atom. The van der Waals surface area contributed by atoms with Crippen molar-refractivity contribution in [2.45, 2.75) is 13.1 Å². The van der Waals surface area contributed by atoms with Gasteiger partial charge in [0.2, 0.25) is 0 Å². The van der Waals surface area contributed by atoms with Gasteiger partial charge in [-0.3, -0.25) is 9.59 Å². The Labute approximate surface area is 182 Å². The Morgan fingerprint density at radius 2 is 1.29 bits per heavy atom. The molecule has 0 atom stereocenters. The molecule has 0 spiro atoms. The summed E-state index contributed by atoms with van der Waals surface area (Å²) in [7, 11) is 1.60.